The minimum atomic E-state index is 0.385. The third kappa shape index (κ3) is 2.97. The molecule has 82 valence electrons. The third-order valence-corrected chi connectivity index (χ3v) is 2.70. The predicted molar refractivity (Wildman–Crippen MR) is 68.0 cm³/mol. The predicted octanol–water partition coefficient (Wildman–Crippen LogP) is 4.38. The van der Waals surface area contributed by atoms with Crippen LogP contribution in [-0.2, 0) is 5.88 Å². The van der Waals surface area contributed by atoms with E-state index in [2.05, 4.69) is 20.9 Å². The topological polar surface area (TPSA) is 22.1 Å². The molecule has 0 atom stereocenters. The molecule has 2 rings (SSSR count). The van der Waals surface area contributed by atoms with Gasteiger partial charge in [0.1, 0.15) is 5.75 Å². The van der Waals surface area contributed by atoms with Gasteiger partial charge in [-0.2, -0.15) is 0 Å². The first kappa shape index (κ1) is 11.4. The van der Waals surface area contributed by atoms with Gasteiger partial charge in [0.05, 0.1) is 11.6 Å². The van der Waals surface area contributed by atoms with E-state index < -0.39 is 0 Å². The van der Waals surface area contributed by atoms with Gasteiger partial charge < -0.3 is 4.74 Å². The Bertz CT molecular complexity index is 490. The number of halogens is 2. The average Bonchev–Trinajstić information content (AvgIpc) is 2.29. The molecule has 0 aliphatic heterocycles. The molecule has 0 amide bonds. The van der Waals surface area contributed by atoms with Gasteiger partial charge in [0.2, 0.25) is 5.88 Å². The lowest BCUT2D eigenvalue weighted by atomic mass is 10.3. The van der Waals surface area contributed by atoms with Crippen molar-refractivity contribution in [2.24, 2.45) is 0 Å². The molecular formula is C12H9BrClNO. The molecule has 0 N–H and O–H groups in total. The molecule has 0 aliphatic rings. The van der Waals surface area contributed by atoms with E-state index >= 15 is 0 Å². The summed E-state index contributed by atoms with van der Waals surface area (Å²) >= 11 is 9.08. The highest BCUT2D eigenvalue weighted by Crippen LogP contribution is 2.23. The number of alkyl halides is 1. The van der Waals surface area contributed by atoms with Crippen LogP contribution in [0.1, 0.15) is 5.69 Å². The Morgan fingerprint density at radius 1 is 1.19 bits per heavy atom. The number of hydrogen-bond acceptors (Lipinski definition) is 2. The lowest BCUT2D eigenvalue weighted by molar-refractivity contribution is 0.461. The van der Waals surface area contributed by atoms with Crippen molar-refractivity contribution in [2.45, 2.75) is 5.88 Å². The molecule has 0 saturated carbocycles. The number of pyridine rings is 1. The van der Waals surface area contributed by atoms with E-state index in [9.17, 15) is 0 Å². The van der Waals surface area contributed by atoms with Gasteiger partial charge in [0.25, 0.3) is 0 Å². The largest absolute Gasteiger partial charge is 0.439 e. The fourth-order valence-corrected chi connectivity index (χ4v) is 1.77. The first-order chi connectivity index (χ1) is 7.78. The number of nitrogens with zero attached hydrogens (tertiary/aromatic N) is 1. The van der Waals surface area contributed by atoms with Gasteiger partial charge in [-0.05, 0) is 24.3 Å². The van der Waals surface area contributed by atoms with Gasteiger partial charge >= 0.3 is 0 Å². The lowest BCUT2D eigenvalue weighted by Crippen LogP contribution is -1.90. The zero-order valence-electron chi connectivity index (χ0n) is 8.36. The summed E-state index contributed by atoms with van der Waals surface area (Å²) in [6.07, 6.45) is 0. The Kier molecular flexibility index (Phi) is 3.80. The molecule has 2 nitrogen and oxygen atoms in total. The maximum absolute atomic E-state index is 5.70. The average molecular weight is 299 g/mol. The molecule has 1 aromatic carbocycles. The van der Waals surface area contributed by atoms with Crippen LogP contribution in [0.25, 0.3) is 0 Å². The van der Waals surface area contributed by atoms with E-state index in [0.717, 1.165) is 15.9 Å². The first-order valence-corrected chi connectivity index (χ1v) is 6.06. The highest BCUT2D eigenvalue weighted by molar-refractivity contribution is 9.10. The Labute approximate surface area is 107 Å². The number of aromatic nitrogens is 1. The van der Waals surface area contributed by atoms with E-state index in [1.54, 1.807) is 6.07 Å². The minimum absolute atomic E-state index is 0.385. The van der Waals surface area contributed by atoms with E-state index in [4.69, 9.17) is 16.3 Å². The highest BCUT2D eigenvalue weighted by Gasteiger charge is 2.00. The number of ether oxygens (including phenoxy) is 1. The van der Waals surface area contributed by atoms with Crippen molar-refractivity contribution in [1.82, 2.24) is 4.98 Å². The van der Waals surface area contributed by atoms with Crippen LogP contribution >= 0.6 is 27.5 Å². The standard InChI is InChI=1S/C12H9BrClNO/c13-9-3-1-5-11(7-9)16-12-6-2-4-10(8-14)15-12/h1-7H,8H2. The molecule has 0 saturated heterocycles. The molecule has 0 radical (unpaired) electrons. The van der Waals surface area contributed by atoms with Crippen molar-refractivity contribution >= 4 is 27.5 Å². The molecule has 0 unspecified atom stereocenters. The van der Waals surface area contributed by atoms with Gasteiger partial charge in [-0.1, -0.05) is 28.1 Å². The van der Waals surface area contributed by atoms with Crippen LogP contribution in [0.5, 0.6) is 11.6 Å². The van der Waals surface area contributed by atoms with E-state index in [1.165, 1.54) is 0 Å². The fourth-order valence-electron chi connectivity index (χ4n) is 1.24. The molecule has 1 aromatic heterocycles. The van der Waals surface area contributed by atoms with Crippen LogP contribution in [0.4, 0.5) is 0 Å². The van der Waals surface area contributed by atoms with Crippen LogP contribution in [0, 0.1) is 0 Å². The summed E-state index contributed by atoms with van der Waals surface area (Å²) in [4.78, 5) is 4.25. The Morgan fingerprint density at radius 3 is 2.75 bits per heavy atom. The van der Waals surface area contributed by atoms with Crippen molar-refractivity contribution in [3.63, 3.8) is 0 Å². The van der Waals surface area contributed by atoms with Crippen molar-refractivity contribution in [1.29, 1.82) is 0 Å². The number of rotatable bonds is 3. The summed E-state index contributed by atoms with van der Waals surface area (Å²) in [5.74, 6) is 1.68. The molecule has 4 heteroatoms. The third-order valence-electron chi connectivity index (χ3n) is 1.94. The summed E-state index contributed by atoms with van der Waals surface area (Å²) in [6, 6.07) is 13.1. The lowest BCUT2D eigenvalue weighted by Gasteiger charge is -2.05. The quantitative estimate of drug-likeness (QED) is 0.785. The van der Waals surface area contributed by atoms with Gasteiger partial charge in [-0.25, -0.2) is 4.98 Å². The van der Waals surface area contributed by atoms with E-state index in [-0.39, 0.29) is 0 Å². The second-order valence-electron chi connectivity index (χ2n) is 3.16. The molecule has 2 aromatic rings. The second kappa shape index (κ2) is 5.32. The summed E-state index contributed by atoms with van der Waals surface area (Å²) in [6.45, 7) is 0. The molecule has 0 bridgehead atoms. The first-order valence-electron chi connectivity index (χ1n) is 4.73. The van der Waals surface area contributed by atoms with E-state index in [1.807, 2.05) is 36.4 Å². The molecule has 0 fully saturated rings. The highest BCUT2D eigenvalue weighted by atomic mass is 79.9. The van der Waals surface area contributed by atoms with Crippen LogP contribution in [0.3, 0.4) is 0 Å². The van der Waals surface area contributed by atoms with Crippen LogP contribution in [0.2, 0.25) is 0 Å². The van der Waals surface area contributed by atoms with Crippen molar-refractivity contribution in [3.8, 4) is 11.6 Å². The zero-order chi connectivity index (χ0) is 11.4. The molecule has 0 aliphatic carbocycles. The smallest absolute Gasteiger partial charge is 0.219 e. The summed E-state index contributed by atoms with van der Waals surface area (Å²) in [5.41, 5.74) is 0.800. The van der Waals surface area contributed by atoms with Crippen molar-refractivity contribution in [3.05, 3.63) is 52.6 Å². The SMILES string of the molecule is ClCc1cccc(Oc2cccc(Br)c2)n1. The van der Waals surface area contributed by atoms with Crippen LogP contribution in [0.15, 0.2) is 46.9 Å². The van der Waals surface area contributed by atoms with Crippen molar-refractivity contribution < 1.29 is 4.74 Å². The number of hydrogen-bond donors (Lipinski definition) is 0. The van der Waals surface area contributed by atoms with Gasteiger partial charge in [0, 0.05) is 10.5 Å². The van der Waals surface area contributed by atoms with E-state index in [0.29, 0.717) is 11.8 Å². The Morgan fingerprint density at radius 2 is 2.00 bits per heavy atom. The normalized spacial score (nSPS) is 10.1. The summed E-state index contributed by atoms with van der Waals surface area (Å²) < 4.78 is 6.57. The zero-order valence-corrected chi connectivity index (χ0v) is 10.7. The summed E-state index contributed by atoms with van der Waals surface area (Å²) in [5, 5.41) is 0. The molecular weight excluding hydrogens is 289 g/mol. The maximum atomic E-state index is 5.70. The van der Waals surface area contributed by atoms with Gasteiger partial charge in [-0.3, -0.25) is 0 Å². The second-order valence-corrected chi connectivity index (χ2v) is 4.34. The van der Waals surface area contributed by atoms with Crippen molar-refractivity contribution in [2.75, 3.05) is 0 Å². The molecule has 16 heavy (non-hydrogen) atoms. The number of benzene rings is 1. The van der Waals surface area contributed by atoms with Gasteiger partial charge in [-0.15, -0.1) is 11.6 Å². The van der Waals surface area contributed by atoms with Gasteiger partial charge in [0.15, 0.2) is 0 Å². The molecule has 1 heterocycles. The minimum Gasteiger partial charge on any atom is -0.439 e. The fraction of sp³-hybridized carbons (Fsp3) is 0.0833. The Balaban J connectivity index is 2.20. The van der Waals surface area contributed by atoms with Crippen LogP contribution < -0.4 is 4.74 Å². The Hall–Kier alpha value is -1.06. The monoisotopic (exact) mass is 297 g/mol. The maximum Gasteiger partial charge on any atom is 0.219 e. The summed E-state index contributed by atoms with van der Waals surface area (Å²) in [7, 11) is 0. The van der Waals surface area contributed by atoms with Crippen LogP contribution in [-0.4, -0.2) is 4.98 Å². The molecule has 0 spiro atoms.